The Bertz CT molecular complexity index is 933. The zero-order chi connectivity index (χ0) is 19.4. The van der Waals surface area contributed by atoms with Crippen molar-refractivity contribution in [2.75, 3.05) is 32.1 Å². The van der Waals surface area contributed by atoms with Gasteiger partial charge in [-0.05, 0) is 56.1 Å². The lowest BCUT2D eigenvalue weighted by Crippen LogP contribution is -2.43. The largest absolute Gasteiger partial charge is 0.388 e. The summed E-state index contributed by atoms with van der Waals surface area (Å²) in [5.74, 6) is 0. The monoisotopic (exact) mass is 375 g/mol. The number of ether oxygens (including phenoxy) is 1. The average Bonchev–Trinajstić information content (AvgIpc) is 2.74. The number of pyridine rings is 1. The summed E-state index contributed by atoms with van der Waals surface area (Å²) in [6.07, 6.45) is 2.20. The van der Waals surface area contributed by atoms with Crippen molar-refractivity contribution < 1.29 is 4.74 Å². The first-order valence-corrected chi connectivity index (χ1v) is 10.1. The first-order chi connectivity index (χ1) is 13.7. The number of nitrogens with zero attached hydrogens (tertiary/aromatic N) is 1. The molecule has 4 heteroatoms. The van der Waals surface area contributed by atoms with Crippen LogP contribution in [0.15, 0.2) is 54.6 Å². The standard InChI is InChI=1S/C24H29N3O/c1-18-7-6-10-21-23(18)22(25-2)15-20(27-21)16-28-17-24(11-13-26-14-12-24)19-8-4-3-5-9-19/h3-10,15,26H,11-14,16-17H2,1-2H3,(H,25,27). The highest BCUT2D eigenvalue weighted by Crippen LogP contribution is 2.34. The van der Waals surface area contributed by atoms with Crippen molar-refractivity contribution in [1.82, 2.24) is 10.3 Å². The Kier molecular flexibility index (Phi) is 5.60. The fraction of sp³-hybridized carbons (Fsp3) is 0.375. The number of fused-ring (bicyclic) bond motifs is 1. The van der Waals surface area contributed by atoms with E-state index in [1.807, 2.05) is 7.05 Å². The molecule has 2 aromatic carbocycles. The van der Waals surface area contributed by atoms with Gasteiger partial charge in [-0.3, -0.25) is 4.98 Å². The van der Waals surface area contributed by atoms with Crippen LogP contribution in [0.4, 0.5) is 5.69 Å². The van der Waals surface area contributed by atoms with Crippen LogP contribution in [0.1, 0.15) is 29.7 Å². The second-order valence-corrected chi connectivity index (χ2v) is 7.77. The molecule has 0 aliphatic carbocycles. The van der Waals surface area contributed by atoms with E-state index >= 15 is 0 Å². The summed E-state index contributed by atoms with van der Waals surface area (Å²) in [6, 6.07) is 19.2. The third-order valence-electron chi connectivity index (χ3n) is 5.94. The summed E-state index contributed by atoms with van der Waals surface area (Å²) in [7, 11) is 1.96. The van der Waals surface area contributed by atoms with Crippen LogP contribution < -0.4 is 10.6 Å². The average molecular weight is 376 g/mol. The maximum Gasteiger partial charge on any atom is 0.0889 e. The SMILES string of the molecule is CNc1cc(COCC2(c3ccccc3)CCNCC2)nc2cccc(C)c12. The third kappa shape index (κ3) is 3.75. The van der Waals surface area contributed by atoms with E-state index in [1.165, 1.54) is 16.5 Å². The fourth-order valence-electron chi connectivity index (χ4n) is 4.36. The molecule has 1 aromatic heterocycles. The summed E-state index contributed by atoms with van der Waals surface area (Å²) in [4.78, 5) is 4.85. The van der Waals surface area contributed by atoms with Crippen LogP contribution >= 0.6 is 0 Å². The summed E-state index contributed by atoms with van der Waals surface area (Å²) < 4.78 is 6.28. The van der Waals surface area contributed by atoms with E-state index in [2.05, 4.69) is 72.2 Å². The van der Waals surface area contributed by atoms with E-state index in [1.54, 1.807) is 0 Å². The van der Waals surface area contributed by atoms with Gasteiger partial charge in [0.05, 0.1) is 24.4 Å². The van der Waals surface area contributed by atoms with E-state index in [0.29, 0.717) is 6.61 Å². The van der Waals surface area contributed by atoms with Gasteiger partial charge < -0.3 is 15.4 Å². The molecule has 0 amide bonds. The predicted molar refractivity (Wildman–Crippen MR) is 116 cm³/mol. The van der Waals surface area contributed by atoms with Gasteiger partial charge in [0.2, 0.25) is 0 Å². The molecule has 0 spiro atoms. The molecule has 1 aliphatic heterocycles. The van der Waals surface area contributed by atoms with Gasteiger partial charge in [-0.25, -0.2) is 0 Å². The highest BCUT2D eigenvalue weighted by atomic mass is 16.5. The van der Waals surface area contributed by atoms with E-state index in [0.717, 1.165) is 49.4 Å². The van der Waals surface area contributed by atoms with Crippen LogP contribution in [0.5, 0.6) is 0 Å². The Morgan fingerprint density at radius 3 is 2.61 bits per heavy atom. The predicted octanol–water partition coefficient (Wildman–Crippen LogP) is 4.42. The van der Waals surface area contributed by atoms with E-state index in [4.69, 9.17) is 9.72 Å². The number of aryl methyl sites for hydroxylation is 1. The molecule has 28 heavy (non-hydrogen) atoms. The quantitative estimate of drug-likeness (QED) is 0.669. The van der Waals surface area contributed by atoms with Gasteiger partial charge in [-0.2, -0.15) is 0 Å². The first-order valence-electron chi connectivity index (χ1n) is 10.1. The van der Waals surface area contributed by atoms with Crippen LogP contribution in [0.3, 0.4) is 0 Å². The Morgan fingerprint density at radius 2 is 1.86 bits per heavy atom. The van der Waals surface area contributed by atoms with Crippen molar-refractivity contribution in [3.63, 3.8) is 0 Å². The molecule has 0 atom stereocenters. The van der Waals surface area contributed by atoms with Crippen molar-refractivity contribution in [3.05, 3.63) is 71.4 Å². The molecular weight excluding hydrogens is 346 g/mol. The number of rotatable bonds is 6. The van der Waals surface area contributed by atoms with Crippen molar-refractivity contribution in [3.8, 4) is 0 Å². The number of aromatic nitrogens is 1. The molecule has 1 aliphatic rings. The van der Waals surface area contributed by atoms with Gasteiger partial charge in [0.25, 0.3) is 0 Å². The summed E-state index contributed by atoms with van der Waals surface area (Å²) in [5.41, 5.74) is 5.81. The molecule has 0 radical (unpaired) electrons. The number of anilines is 1. The second-order valence-electron chi connectivity index (χ2n) is 7.77. The highest BCUT2D eigenvalue weighted by Gasteiger charge is 2.34. The van der Waals surface area contributed by atoms with Gasteiger partial charge in [-0.1, -0.05) is 42.5 Å². The zero-order valence-corrected chi connectivity index (χ0v) is 16.8. The normalized spacial score (nSPS) is 16.2. The van der Waals surface area contributed by atoms with Crippen LogP contribution in [0, 0.1) is 6.92 Å². The lowest BCUT2D eigenvalue weighted by Gasteiger charge is -2.38. The zero-order valence-electron chi connectivity index (χ0n) is 16.8. The molecular formula is C24H29N3O. The molecule has 1 saturated heterocycles. The van der Waals surface area contributed by atoms with Crippen molar-refractivity contribution in [2.45, 2.75) is 31.8 Å². The number of piperidine rings is 1. The molecule has 0 saturated carbocycles. The van der Waals surface area contributed by atoms with Crippen LogP contribution in [0.25, 0.3) is 10.9 Å². The Labute approximate surface area is 167 Å². The first kappa shape index (κ1) is 18.9. The molecule has 0 bridgehead atoms. The summed E-state index contributed by atoms with van der Waals surface area (Å²) >= 11 is 0. The van der Waals surface area contributed by atoms with Gasteiger partial charge in [0.15, 0.2) is 0 Å². The molecule has 1 fully saturated rings. The van der Waals surface area contributed by atoms with Crippen molar-refractivity contribution >= 4 is 16.6 Å². The van der Waals surface area contributed by atoms with Crippen molar-refractivity contribution in [1.29, 1.82) is 0 Å². The molecule has 4 nitrogen and oxygen atoms in total. The minimum atomic E-state index is 0.0891. The maximum absolute atomic E-state index is 6.28. The Balaban J connectivity index is 1.54. The van der Waals surface area contributed by atoms with E-state index in [-0.39, 0.29) is 5.41 Å². The molecule has 3 aromatic rings. The summed E-state index contributed by atoms with van der Waals surface area (Å²) in [6.45, 7) is 5.45. The van der Waals surface area contributed by atoms with Gasteiger partial charge >= 0.3 is 0 Å². The second kappa shape index (κ2) is 8.29. The molecule has 2 N–H and O–H groups in total. The Hall–Kier alpha value is -2.43. The lowest BCUT2D eigenvalue weighted by molar-refractivity contribution is 0.0550. The number of hydrogen-bond acceptors (Lipinski definition) is 4. The molecule has 146 valence electrons. The number of nitrogens with one attached hydrogen (secondary N) is 2. The number of benzene rings is 2. The molecule has 2 heterocycles. The highest BCUT2D eigenvalue weighted by molar-refractivity contribution is 5.94. The topological polar surface area (TPSA) is 46.2 Å². The summed E-state index contributed by atoms with van der Waals surface area (Å²) in [5, 5.41) is 7.99. The Morgan fingerprint density at radius 1 is 1.07 bits per heavy atom. The van der Waals surface area contributed by atoms with Gasteiger partial charge in [-0.15, -0.1) is 0 Å². The minimum absolute atomic E-state index is 0.0891. The van der Waals surface area contributed by atoms with Crippen LogP contribution in [-0.2, 0) is 16.8 Å². The molecule has 0 unspecified atom stereocenters. The fourth-order valence-corrected chi connectivity index (χ4v) is 4.36. The van der Waals surface area contributed by atoms with Crippen LogP contribution in [0.2, 0.25) is 0 Å². The third-order valence-corrected chi connectivity index (χ3v) is 5.94. The van der Waals surface area contributed by atoms with Crippen LogP contribution in [-0.4, -0.2) is 31.7 Å². The van der Waals surface area contributed by atoms with Gasteiger partial charge in [0, 0.05) is 23.5 Å². The van der Waals surface area contributed by atoms with Gasteiger partial charge in [0.1, 0.15) is 0 Å². The lowest BCUT2D eigenvalue weighted by atomic mass is 9.74. The minimum Gasteiger partial charge on any atom is -0.388 e. The smallest absolute Gasteiger partial charge is 0.0889 e. The molecule has 4 rings (SSSR count). The van der Waals surface area contributed by atoms with E-state index in [9.17, 15) is 0 Å². The van der Waals surface area contributed by atoms with E-state index < -0.39 is 0 Å². The van der Waals surface area contributed by atoms with Crippen molar-refractivity contribution in [2.24, 2.45) is 0 Å². The number of hydrogen-bond donors (Lipinski definition) is 2. The maximum atomic E-state index is 6.28.